The maximum atomic E-state index is 12.5. The molecule has 1 aliphatic rings. The lowest BCUT2D eigenvalue weighted by Gasteiger charge is -2.18. The highest BCUT2D eigenvalue weighted by molar-refractivity contribution is 9.10. The molecule has 4 rings (SSSR count). The largest absolute Gasteiger partial charge is 0.335 e. The molecular formula is C20H16BrN7O2. The fourth-order valence-electron chi connectivity index (χ4n) is 3.07. The highest BCUT2D eigenvalue weighted by Crippen LogP contribution is 2.28. The van der Waals surface area contributed by atoms with Crippen LogP contribution in [0.25, 0.3) is 0 Å². The van der Waals surface area contributed by atoms with Gasteiger partial charge in [0.05, 0.1) is 10.5 Å². The average Bonchev–Trinajstić information content (AvgIpc) is 2.73. The number of carbonyl (C=O) groups is 1. The third-order valence-electron chi connectivity index (χ3n) is 4.52. The molecule has 0 atom stereocenters. The monoisotopic (exact) mass is 465 g/mol. The molecule has 0 unspecified atom stereocenters. The fraction of sp³-hybridized carbons (Fsp3) is 0.150. The Hall–Kier alpha value is -3.71. The first-order valence-electron chi connectivity index (χ1n) is 9.09. The van der Waals surface area contributed by atoms with E-state index in [2.05, 4.69) is 41.8 Å². The minimum Gasteiger partial charge on any atom is -0.335 e. The minimum absolute atomic E-state index is 0.0184. The zero-order valence-electron chi connectivity index (χ0n) is 15.6. The van der Waals surface area contributed by atoms with Gasteiger partial charge in [-0.25, -0.2) is 4.98 Å². The van der Waals surface area contributed by atoms with E-state index < -0.39 is 0 Å². The van der Waals surface area contributed by atoms with Gasteiger partial charge in [-0.05, 0) is 58.2 Å². The molecule has 0 radical (unpaired) electrons. The Morgan fingerprint density at radius 1 is 1.23 bits per heavy atom. The van der Waals surface area contributed by atoms with Crippen molar-refractivity contribution in [2.24, 2.45) is 0 Å². The smallest absolute Gasteiger partial charge is 0.275 e. The number of rotatable bonds is 5. The lowest BCUT2D eigenvalue weighted by molar-refractivity contribution is -0.116. The third-order valence-corrected chi connectivity index (χ3v) is 5.10. The van der Waals surface area contributed by atoms with Gasteiger partial charge in [-0.15, -0.1) is 0 Å². The van der Waals surface area contributed by atoms with Crippen LogP contribution in [0.3, 0.4) is 0 Å². The molecule has 0 fully saturated rings. The van der Waals surface area contributed by atoms with Gasteiger partial charge in [0.25, 0.3) is 5.56 Å². The summed E-state index contributed by atoms with van der Waals surface area (Å²) in [6.45, 7) is -0.0368. The molecule has 30 heavy (non-hydrogen) atoms. The van der Waals surface area contributed by atoms with Gasteiger partial charge in [0.1, 0.15) is 12.2 Å². The highest BCUT2D eigenvalue weighted by Gasteiger charge is 2.15. The van der Waals surface area contributed by atoms with E-state index in [0.717, 1.165) is 16.9 Å². The summed E-state index contributed by atoms with van der Waals surface area (Å²) >= 11 is 3.39. The van der Waals surface area contributed by atoms with E-state index in [1.165, 1.54) is 4.57 Å². The van der Waals surface area contributed by atoms with Crippen LogP contribution in [0, 0.1) is 11.3 Å². The van der Waals surface area contributed by atoms with Crippen molar-refractivity contribution in [1.82, 2.24) is 14.5 Å². The second-order valence-electron chi connectivity index (χ2n) is 6.57. The summed E-state index contributed by atoms with van der Waals surface area (Å²) < 4.78 is 1.89. The summed E-state index contributed by atoms with van der Waals surface area (Å²) in [6.07, 6.45) is 4.26. The predicted molar refractivity (Wildman–Crippen MR) is 116 cm³/mol. The molecule has 1 aliphatic heterocycles. The molecule has 150 valence electrons. The van der Waals surface area contributed by atoms with Crippen LogP contribution < -0.4 is 21.5 Å². The van der Waals surface area contributed by atoms with Crippen molar-refractivity contribution in [3.8, 4) is 6.07 Å². The number of aryl methyl sites for hydroxylation is 1. The number of anilines is 5. The number of benzene rings is 1. The molecule has 0 saturated heterocycles. The Morgan fingerprint density at radius 3 is 2.93 bits per heavy atom. The van der Waals surface area contributed by atoms with Crippen LogP contribution in [0.4, 0.5) is 28.8 Å². The predicted octanol–water partition coefficient (Wildman–Crippen LogP) is 3.30. The number of pyridine rings is 1. The number of carbonyl (C=O) groups excluding carboxylic acids is 1. The normalized spacial score (nSPS) is 12.5. The van der Waals surface area contributed by atoms with Crippen LogP contribution in [0.5, 0.6) is 0 Å². The lowest BCUT2D eigenvalue weighted by atomic mass is 10.0. The van der Waals surface area contributed by atoms with E-state index in [1.54, 1.807) is 24.5 Å². The van der Waals surface area contributed by atoms with Crippen LogP contribution in [0.2, 0.25) is 0 Å². The van der Waals surface area contributed by atoms with Crippen LogP contribution in [0.15, 0.2) is 52.0 Å². The fourth-order valence-corrected chi connectivity index (χ4v) is 3.36. The average molecular weight is 466 g/mol. The maximum absolute atomic E-state index is 12.5. The number of hydrogen-bond acceptors (Lipinski definition) is 7. The van der Waals surface area contributed by atoms with Gasteiger partial charge in [-0.3, -0.25) is 14.2 Å². The number of fused-ring (bicyclic) bond motifs is 1. The van der Waals surface area contributed by atoms with Gasteiger partial charge in [0.15, 0.2) is 5.82 Å². The Bertz CT molecular complexity index is 1230. The molecule has 1 aromatic carbocycles. The van der Waals surface area contributed by atoms with Crippen molar-refractivity contribution in [2.75, 3.05) is 16.0 Å². The lowest BCUT2D eigenvalue weighted by Crippen LogP contribution is -2.21. The first-order chi connectivity index (χ1) is 14.5. The maximum Gasteiger partial charge on any atom is 0.275 e. The number of nitrogens with one attached hydrogen (secondary N) is 3. The quantitative estimate of drug-likeness (QED) is 0.527. The van der Waals surface area contributed by atoms with Crippen molar-refractivity contribution in [1.29, 1.82) is 5.26 Å². The van der Waals surface area contributed by atoms with Gasteiger partial charge in [-0.1, -0.05) is 0 Å². The van der Waals surface area contributed by atoms with Crippen molar-refractivity contribution in [3.63, 3.8) is 0 Å². The van der Waals surface area contributed by atoms with E-state index in [9.17, 15) is 9.59 Å². The molecule has 1 amide bonds. The highest BCUT2D eigenvalue weighted by atomic mass is 79.9. The number of amides is 1. The molecule has 3 N–H and O–H groups in total. The molecule has 9 nitrogen and oxygen atoms in total. The first kappa shape index (κ1) is 19.6. The summed E-state index contributed by atoms with van der Waals surface area (Å²) in [5.41, 5.74) is 2.61. The van der Waals surface area contributed by atoms with E-state index in [-0.39, 0.29) is 18.0 Å². The molecule has 0 aliphatic carbocycles. The van der Waals surface area contributed by atoms with Gasteiger partial charge in [0.2, 0.25) is 11.9 Å². The van der Waals surface area contributed by atoms with Crippen molar-refractivity contribution in [2.45, 2.75) is 19.4 Å². The topological polar surface area (TPSA) is 125 Å². The van der Waals surface area contributed by atoms with Gasteiger partial charge in [-0.2, -0.15) is 10.2 Å². The Balaban J connectivity index is 1.57. The Kier molecular flexibility index (Phi) is 5.45. The summed E-state index contributed by atoms with van der Waals surface area (Å²) in [6, 6.07) is 10.9. The zero-order valence-corrected chi connectivity index (χ0v) is 17.2. The third kappa shape index (κ3) is 4.16. The number of halogens is 1. The van der Waals surface area contributed by atoms with Gasteiger partial charge in [0, 0.05) is 30.2 Å². The summed E-state index contributed by atoms with van der Waals surface area (Å²) in [5, 5.41) is 17.8. The Morgan fingerprint density at radius 2 is 2.10 bits per heavy atom. The van der Waals surface area contributed by atoms with E-state index >= 15 is 0 Å². The van der Waals surface area contributed by atoms with Crippen molar-refractivity contribution >= 4 is 50.7 Å². The van der Waals surface area contributed by atoms with Crippen LogP contribution >= 0.6 is 15.9 Å². The van der Waals surface area contributed by atoms with Crippen LogP contribution in [-0.2, 0) is 17.8 Å². The van der Waals surface area contributed by atoms with E-state index in [4.69, 9.17) is 5.26 Å². The number of nitrogens with zero attached hydrogens (tertiary/aromatic N) is 4. The van der Waals surface area contributed by atoms with Gasteiger partial charge < -0.3 is 16.0 Å². The van der Waals surface area contributed by atoms with Crippen LogP contribution in [-0.4, -0.2) is 20.4 Å². The zero-order chi connectivity index (χ0) is 21.1. The van der Waals surface area contributed by atoms with Crippen LogP contribution in [0.1, 0.15) is 12.0 Å². The molecule has 2 aromatic heterocycles. The van der Waals surface area contributed by atoms with E-state index in [1.807, 2.05) is 24.3 Å². The Labute approximate surface area is 179 Å². The number of hydrogen-bond donors (Lipinski definition) is 3. The molecular weight excluding hydrogens is 450 g/mol. The minimum atomic E-state index is -0.323. The second kappa shape index (κ2) is 8.34. The molecule has 0 bridgehead atoms. The van der Waals surface area contributed by atoms with E-state index in [0.29, 0.717) is 34.8 Å². The summed E-state index contributed by atoms with van der Waals surface area (Å²) in [7, 11) is 0. The standard InChI is InChI=1S/C20H16BrN7O2/c21-14-11-23-20(24-13-4-5-15-12(10-13)3-6-17(29)25-15)27-18(14)26-16-2-1-8-28(9-7-22)19(16)30/h1-2,4-5,8,10-11H,3,6,9H2,(H,25,29)(H2,23,24,26,27). The molecule has 3 heterocycles. The molecule has 3 aromatic rings. The SMILES string of the molecule is N#CCn1cccc(Nc2nc(Nc3ccc4c(c3)CCC(=O)N4)ncc2Br)c1=O. The summed E-state index contributed by atoms with van der Waals surface area (Å²) in [4.78, 5) is 32.7. The molecule has 0 saturated carbocycles. The number of aromatic nitrogens is 3. The molecule has 10 heteroatoms. The number of nitriles is 1. The second-order valence-corrected chi connectivity index (χ2v) is 7.43. The first-order valence-corrected chi connectivity index (χ1v) is 9.88. The summed E-state index contributed by atoms with van der Waals surface area (Å²) in [5.74, 6) is 0.767. The van der Waals surface area contributed by atoms with Crippen molar-refractivity contribution < 1.29 is 4.79 Å². The van der Waals surface area contributed by atoms with Crippen molar-refractivity contribution in [3.05, 3.63) is 63.1 Å². The molecule has 0 spiro atoms. The van der Waals surface area contributed by atoms with Gasteiger partial charge >= 0.3 is 0 Å².